The molecule has 0 N–H and O–H groups in total. The fraction of sp³-hybridized carbons (Fsp3) is 0.636. The molecule has 0 aromatic rings. The molecule has 0 aromatic heterocycles. The van der Waals surface area contributed by atoms with E-state index in [4.69, 9.17) is 0 Å². The van der Waals surface area contributed by atoms with Crippen molar-refractivity contribution in [3.8, 4) is 0 Å². The third kappa shape index (κ3) is 4.89. The normalized spacial score (nSPS) is 15.9. The third-order valence-electron chi connectivity index (χ3n) is 2.63. The molecule has 0 aliphatic heterocycles. The van der Waals surface area contributed by atoms with E-state index in [2.05, 4.69) is 39.6 Å². The van der Waals surface area contributed by atoms with Gasteiger partial charge in [-0.2, -0.15) is 0 Å². The molecule has 87 valence electrons. The Bertz CT molecular complexity index is 275. The van der Waals surface area contributed by atoms with Crippen molar-refractivity contribution < 1.29 is 24.4 Å². The van der Waals surface area contributed by atoms with E-state index in [1.165, 1.54) is 30.8 Å². The number of hydrogen-bond donors (Lipinski definition) is 0. The summed E-state index contributed by atoms with van der Waals surface area (Å²) in [6.07, 6.45) is 3.83. The van der Waals surface area contributed by atoms with Gasteiger partial charge >= 0.3 is 98.5 Å². The Labute approximate surface area is 122 Å². The summed E-state index contributed by atoms with van der Waals surface area (Å²) < 4.78 is 1.74. The molecule has 0 radical (unpaired) electrons. The molecule has 0 nitrogen and oxygen atoms in total. The minimum atomic E-state index is -1.01. The second kappa shape index (κ2) is 6.78. The minimum Gasteiger partial charge on any atom is -0.147 e. The summed E-state index contributed by atoms with van der Waals surface area (Å²) in [5, 5.41) is 1.76. The van der Waals surface area contributed by atoms with E-state index in [0.29, 0.717) is 0 Å². The van der Waals surface area contributed by atoms with Gasteiger partial charge in [-0.25, -0.2) is 0 Å². The van der Waals surface area contributed by atoms with Crippen molar-refractivity contribution in [2.24, 2.45) is 5.92 Å². The van der Waals surface area contributed by atoms with Crippen LogP contribution in [0.15, 0.2) is 20.2 Å². The number of halogens is 2. The maximum Gasteiger partial charge on any atom is -0.147 e. The molecular formula is C11H21Cl2HfSi. The van der Waals surface area contributed by atoms with Crippen LogP contribution in [0.25, 0.3) is 0 Å². The molecule has 0 bridgehead atoms. The van der Waals surface area contributed by atoms with Crippen molar-refractivity contribution >= 4 is 32.9 Å². The van der Waals surface area contributed by atoms with Gasteiger partial charge in [-0.15, -0.1) is 24.8 Å². The Morgan fingerprint density at radius 1 is 1.20 bits per heavy atom. The smallest absolute Gasteiger partial charge is 0.147 e. The van der Waals surface area contributed by atoms with Crippen LogP contribution in [0.2, 0.25) is 19.6 Å². The first-order chi connectivity index (χ1) is 5.82. The van der Waals surface area contributed by atoms with Gasteiger partial charge in [-0.05, 0) is 0 Å². The molecular weight excluding hydrogens is 410 g/mol. The standard InChI is InChI=1S/C11H19Si.2ClH.Hf/c1-9(2)10-6-7-11(8-10)12(3,4)5;;;/h8-9H,7H2,1-5H3;2*1H;. The molecule has 4 heteroatoms. The van der Waals surface area contributed by atoms with Crippen LogP contribution in [-0.2, 0) is 24.4 Å². The van der Waals surface area contributed by atoms with E-state index in [1.807, 2.05) is 0 Å². The summed E-state index contributed by atoms with van der Waals surface area (Å²) in [4.78, 5) is 0. The van der Waals surface area contributed by atoms with Crippen LogP contribution in [0, 0.1) is 5.92 Å². The summed E-state index contributed by atoms with van der Waals surface area (Å²) >= 11 is 1.26. The summed E-state index contributed by atoms with van der Waals surface area (Å²) in [6, 6.07) is 0. The van der Waals surface area contributed by atoms with E-state index >= 15 is 0 Å². The zero-order chi connectivity index (χ0) is 10.2. The molecule has 0 saturated carbocycles. The molecule has 1 aliphatic carbocycles. The first-order valence-corrected chi connectivity index (χ1v) is 10.3. The first kappa shape index (κ1) is 18.5. The van der Waals surface area contributed by atoms with Gasteiger partial charge in [0.25, 0.3) is 0 Å². The average molecular weight is 431 g/mol. The van der Waals surface area contributed by atoms with Crippen molar-refractivity contribution in [3.05, 3.63) is 20.2 Å². The Balaban J connectivity index is 0. The van der Waals surface area contributed by atoms with Crippen molar-refractivity contribution in [1.29, 1.82) is 0 Å². The number of rotatable bonds is 2. The van der Waals surface area contributed by atoms with E-state index in [9.17, 15) is 0 Å². The van der Waals surface area contributed by atoms with Crippen molar-refractivity contribution in [2.75, 3.05) is 0 Å². The summed E-state index contributed by atoms with van der Waals surface area (Å²) in [5.41, 5.74) is 1.66. The van der Waals surface area contributed by atoms with Crippen LogP contribution in [0.1, 0.15) is 20.3 Å². The van der Waals surface area contributed by atoms with Crippen LogP contribution >= 0.6 is 24.8 Å². The molecule has 0 spiro atoms. The predicted octanol–water partition coefficient (Wildman–Crippen LogP) is 4.49. The van der Waals surface area contributed by atoms with Gasteiger partial charge in [0.2, 0.25) is 0 Å². The molecule has 0 amide bonds. The molecule has 15 heavy (non-hydrogen) atoms. The van der Waals surface area contributed by atoms with Gasteiger partial charge < -0.3 is 0 Å². The number of hydrogen-bond acceptors (Lipinski definition) is 0. The van der Waals surface area contributed by atoms with Gasteiger partial charge in [-0.1, -0.05) is 0 Å². The first-order valence-electron chi connectivity index (χ1n) is 4.98. The Kier molecular flexibility index (Phi) is 8.37. The maximum atomic E-state index is 2.51. The van der Waals surface area contributed by atoms with Gasteiger partial charge in [0.15, 0.2) is 0 Å². The predicted molar refractivity (Wildman–Crippen MR) is 72.4 cm³/mol. The molecule has 0 heterocycles. The zero-order valence-corrected chi connectivity index (χ0v) is 16.4. The molecule has 0 fully saturated rings. The number of allylic oxidation sites excluding steroid dienone is 4. The SMILES string of the molecule is CC(C)C1=[C]([Hf])CC([Si](C)(C)C)=C1.Cl.Cl. The van der Waals surface area contributed by atoms with Crippen LogP contribution in [0.3, 0.4) is 0 Å². The largest absolute Gasteiger partial charge is 0.147 e. The maximum absolute atomic E-state index is 2.51. The molecule has 0 atom stereocenters. The van der Waals surface area contributed by atoms with E-state index in [0.717, 1.165) is 5.92 Å². The summed E-state index contributed by atoms with van der Waals surface area (Å²) in [6.45, 7) is 12.0. The van der Waals surface area contributed by atoms with Gasteiger partial charge in [0.05, 0.1) is 0 Å². The molecule has 1 aliphatic rings. The van der Waals surface area contributed by atoms with Crippen molar-refractivity contribution in [1.82, 2.24) is 0 Å². The summed E-state index contributed by atoms with van der Waals surface area (Å²) in [7, 11) is -1.01. The van der Waals surface area contributed by atoms with Gasteiger partial charge in [0, 0.05) is 0 Å². The zero-order valence-electron chi connectivity index (χ0n) is 10.2. The summed E-state index contributed by atoms with van der Waals surface area (Å²) in [5.74, 6) is 0.737. The Morgan fingerprint density at radius 2 is 1.67 bits per heavy atom. The van der Waals surface area contributed by atoms with Gasteiger partial charge in [0.1, 0.15) is 0 Å². The van der Waals surface area contributed by atoms with Crippen LogP contribution in [0.4, 0.5) is 0 Å². The molecule has 0 unspecified atom stereocenters. The fourth-order valence-electron chi connectivity index (χ4n) is 1.62. The van der Waals surface area contributed by atoms with E-state index in [-0.39, 0.29) is 24.8 Å². The topological polar surface area (TPSA) is 0 Å². The van der Waals surface area contributed by atoms with E-state index in [1.54, 1.807) is 14.1 Å². The fourth-order valence-corrected chi connectivity index (χ4v) is 5.53. The Hall–Kier alpha value is 1.15. The quantitative estimate of drug-likeness (QED) is 0.566. The second-order valence-corrected chi connectivity index (χ2v) is 12.5. The molecule has 1 rings (SSSR count). The van der Waals surface area contributed by atoms with Gasteiger partial charge in [-0.3, -0.25) is 0 Å². The Morgan fingerprint density at radius 3 is 1.87 bits per heavy atom. The van der Waals surface area contributed by atoms with Crippen LogP contribution in [0.5, 0.6) is 0 Å². The van der Waals surface area contributed by atoms with Crippen LogP contribution < -0.4 is 0 Å². The van der Waals surface area contributed by atoms with Crippen LogP contribution in [-0.4, -0.2) is 8.07 Å². The monoisotopic (exact) mass is 431 g/mol. The molecule has 0 saturated heterocycles. The third-order valence-corrected chi connectivity index (χ3v) is 6.55. The van der Waals surface area contributed by atoms with Crippen molar-refractivity contribution in [2.45, 2.75) is 39.9 Å². The second-order valence-electron chi connectivity index (χ2n) is 5.18. The minimum absolute atomic E-state index is 0. The van der Waals surface area contributed by atoms with E-state index < -0.39 is 8.07 Å². The molecule has 0 aromatic carbocycles. The van der Waals surface area contributed by atoms with Crippen molar-refractivity contribution in [3.63, 3.8) is 0 Å². The average Bonchev–Trinajstić information content (AvgIpc) is 2.29.